The Labute approximate surface area is 160 Å². The van der Waals surface area contributed by atoms with E-state index >= 15 is 0 Å². The van der Waals surface area contributed by atoms with E-state index in [2.05, 4.69) is 42.8 Å². The first-order valence-electron chi connectivity index (χ1n) is 9.41. The normalized spacial score (nSPS) is 14.4. The molecule has 1 saturated heterocycles. The van der Waals surface area contributed by atoms with Crippen LogP contribution in [0.1, 0.15) is 41.8 Å². The van der Waals surface area contributed by atoms with E-state index in [0.717, 1.165) is 37.3 Å². The van der Waals surface area contributed by atoms with Crippen LogP contribution in [0.15, 0.2) is 30.3 Å². The Morgan fingerprint density at radius 1 is 1.22 bits per heavy atom. The zero-order valence-electron chi connectivity index (χ0n) is 15.9. The number of rotatable bonds is 4. The van der Waals surface area contributed by atoms with Gasteiger partial charge in [-0.2, -0.15) is 0 Å². The van der Waals surface area contributed by atoms with E-state index in [9.17, 15) is 4.79 Å². The molecule has 0 aliphatic carbocycles. The van der Waals surface area contributed by atoms with Crippen molar-refractivity contribution in [2.75, 3.05) is 13.2 Å². The summed E-state index contributed by atoms with van der Waals surface area (Å²) in [4.78, 5) is 15.6. The molecule has 4 nitrogen and oxygen atoms in total. The third-order valence-corrected chi connectivity index (χ3v) is 4.87. The van der Waals surface area contributed by atoms with Gasteiger partial charge in [-0.15, -0.1) is 0 Å². The molecule has 0 amide bonds. The molecule has 2 aromatic rings. The molecule has 0 saturated carbocycles. The summed E-state index contributed by atoms with van der Waals surface area (Å²) in [7, 11) is 0. The van der Waals surface area contributed by atoms with Crippen LogP contribution in [0.5, 0.6) is 0 Å². The Kier molecular flexibility index (Phi) is 6.26. The lowest BCUT2D eigenvalue weighted by Gasteiger charge is -2.16. The van der Waals surface area contributed by atoms with Crippen molar-refractivity contribution >= 4 is 5.97 Å². The van der Waals surface area contributed by atoms with Crippen molar-refractivity contribution in [3.05, 3.63) is 52.8 Å². The minimum absolute atomic E-state index is 0.0655. The second-order valence-corrected chi connectivity index (χ2v) is 7.05. The predicted molar refractivity (Wildman–Crippen MR) is 106 cm³/mol. The first-order valence-corrected chi connectivity index (χ1v) is 9.41. The van der Waals surface area contributed by atoms with E-state index in [1.165, 1.54) is 16.7 Å². The quantitative estimate of drug-likeness (QED) is 0.829. The van der Waals surface area contributed by atoms with Crippen molar-refractivity contribution in [3.8, 4) is 23.0 Å². The Morgan fingerprint density at radius 3 is 2.59 bits per heavy atom. The van der Waals surface area contributed by atoms with Gasteiger partial charge in [0.15, 0.2) is 0 Å². The van der Waals surface area contributed by atoms with Gasteiger partial charge in [0.1, 0.15) is 5.69 Å². The molecule has 1 aliphatic heterocycles. The summed E-state index contributed by atoms with van der Waals surface area (Å²) in [5, 5.41) is 9.02. The highest BCUT2D eigenvalue weighted by Crippen LogP contribution is 2.28. The van der Waals surface area contributed by atoms with Crippen LogP contribution < -0.4 is 0 Å². The molecule has 0 bridgehead atoms. The predicted octanol–water partition coefficient (Wildman–Crippen LogP) is 4.16. The van der Waals surface area contributed by atoms with Crippen LogP contribution in [-0.2, 0) is 16.0 Å². The summed E-state index contributed by atoms with van der Waals surface area (Å²) >= 11 is 0. The Hall–Kier alpha value is -2.64. The maximum absolute atomic E-state index is 11.0. The van der Waals surface area contributed by atoms with Crippen molar-refractivity contribution in [1.29, 1.82) is 0 Å². The van der Waals surface area contributed by atoms with Gasteiger partial charge >= 0.3 is 5.97 Å². The van der Waals surface area contributed by atoms with Gasteiger partial charge in [-0.05, 0) is 67.0 Å². The van der Waals surface area contributed by atoms with E-state index in [-0.39, 0.29) is 6.42 Å². The fourth-order valence-electron chi connectivity index (χ4n) is 3.45. The molecule has 1 aromatic heterocycles. The molecule has 1 aromatic carbocycles. The summed E-state index contributed by atoms with van der Waals surface area (Å²) in [6.07, 6.45) is 2.38. The summed E-state index contributed by atoms with van der Waals surface area (Å²) < 4.78 is 5.39. The minimum Gasteiger partial charge on any atom is -0.481 e. The Balaban J connectivity index is 1.98. The number of carboxylic acids is 1. The molecule has 0 atom stereocenters. The zero-order chi connectivity index (χ0) is 19.2. The number of pyridine rings is 1. The molecule has 140 valence electrons. The largest absolute Gasteiger partial charge is 0.481 e. The van der Waals surface area contributed by atoms with Gasteiger partial charge in [0.2, 0.25) is 0 Å². The van der Waals surface area contributed by atoms with Crippen LogP contribution in [0.4, 0.5) is 0 Å². The molecule has 2 heterocycles. The average molecular weight is 363 g/mol. The van der Waals surface area contributed by atoms with Crippen molar-refractivity contribution in [3.63, 3.8) is 0 Å². The lowest BCUT2D eigenvalue weighted by Crippen LogP contribution is -2.13. The number of aliphatic carboxylic acids is 1. The molecule has 0 unspecified atom stereocenters. The molecule has 1 fully saturated rings. The smallest absolute Gasteiger partial charge is 0.303 e. The van der Waals surface area contributed by atoms with E-state index in [1.54, 1.807) is 0 Å². The van der Waals surface area contributed by atoms with E-state index in [4.69, 9.17) is 9.84 Å². The maximum atomic E-state index is 11.0. The van der Waals surface area contributed by atoms with Gasteiger partial charge in [-0.3, -0.25) is 4.79 Å². The number of benzene rings is 1. The highest BCUT2D eigenvalue weighted by Gasteiger charge is 2.12. The number of nitrogens with zero attached hydrogens (tertiary/aromatic N) is 1. The lowest BCUT2D eigenvalue weighted by molar-refractivity contribution is -0.136. The van der Waals surface area contributed by atoms with Gasteiger partial charge in [-0.25, -0.2) is 4.98 Å². The maximum Gasteiger partial charge on any atom is 0.303 e. The monoisotopic (exact) mass is 363 g/mol. The van der Waals surface area contributed by atoms with Gasteiger partial charge in [0, 0.05) is 31.2 Å². The topological polar surface area (TPSA) is 59.4 Å². The minimum atomic E-state index is -0.816. The van der Waals surface area contributed by atoms with Crippen molar-refractivity contribution in [1.82, 2.24) is 4.98 Å². The number of aryl methyl sites for hydroxylation is 3. The van der Waals surface area contributed by atoms with Crippen molar-refractivity contribution in [2.24, 2.45) is 5.92 Å². The van der Waals surface area contributed by atoms with Crippen LogP contribution in [0.25, 0.3) is 11.1 Å². The highest BCUT2D eigenvalue weighted by atomic mass is 16.5. The molecule has 1 N–H and O–H groups in total. The fraction of sp³-hybridized carbons (Fsp3) is 0.391. The summed E-state index contributed by atoms with van der Waals surface area (Å²) in [5.41, 5.74) is 6.08. The van der Waals surface area contributed by atoms with E-state index in [1.807, 2.05) is 18.2 Å². The van der Waals surface area contributed by atoms with Gasteiger partial charge in [0.05, 0.1) is 6.42 Å². The number of ether oxygens (including phenoxy) is 1. The highest BCUT2D eigenvalue weighted by molar-refractivity contribution is 5.72. The average Bonchev–Trinajstić information content (AvgIpc) is 2.65. The molecule has 1 aliphatic rings. The number of carbonyl (C=O) groups is 1. The second kappa shape index (κ2) is 8.83. The number of aromatic nitrogens is 1. The fourth-order valence-corrected chi connectivity index (χ4v) is 3.45. The van der Waals surface area contributed by atoms with Crippen LogP contribution in [0, 0.1) is 31.6 Å². The van der Waals surface area contributed by atoms with Crippen molar-refractivity contribution in [2.45, 2.75) is 39.5 Å². The third-order valence-electron chi connectivity index (χ3n) is 4.87. The summed E-state index contributed by atoms with van der Waals surface area (Å²) in [6, 6.07) is 10.2. The van der Waals surface area contributed by atoms with Gasteiger partial charge in [-0.1, -0.05) is 24.1 Å². The molecule has 0 radical (unpaired) electrons. The molecule has 0 spiro atoms. The van der Waals surface area contributed by atoms with Crippen LogP contribution in [-0.4, -0.2) is 29.3 Å². The van der Waals surface area contributed by atoms with Gasteiger partial charge < -0.3 is 9.84 Å². The van der Waals surface area contributed by atoms with Crippen LogP contribution in [0.3, 0.4) is 0 Å². The van der Waals surface area contributed by atoms with E-state index < -0.39 is 5.97 Å². The standard InChI is InChI=1S/C23H25NO3/c1-16-4-3-5-17(2)23(16)19-14-20(7-6-18-10-12-27-13-11-18)24-21(15-19)8-9-22(25)26/h3-5,14-15,18H,8-13H2,1-2H3,(H,25,26). The lowest BCUT2D eigenvalue weighted by atomic mass is 9.94. The second-order valence-electron chi connectivity index (χ2n) is 7.05. The van der Waals surface area contributed by atoms with E-state index in [0.29, 0.717) is 18.0 Å². The molecule has 4 heteroatoms. The molecule has 27 heavy (non-hydrogen) atoms. The number of hydrogen-bond acceptors (Lipinski definition) is 3. The number of carboxylic acid groups (broad SMARTS) is 1. The summed E-state index contributed by atoms with van der Waals surface area (Å²) in [5.74, 6) is 6.08. The SMILES string of the molecule is Cc1cccc(C)c1-c1cc(C#CC2CCOCC2)nc(CCC(=O)O)c1. The first-order chi connectivity index (χ1) is 13.0. The Bertz CT molecular complexity index is 866. The summed E-state index contributed by atoms with van der Waals surface area (Å²) in [6.45, 7) is 5.71. The third kappa shape index (κ3) is 5.18. The molecular formula is C23H25NO3. The number of hydrogen-bond donors (Lipinski definition) is 1. The molecule has 3 rings (SSSR count). The first kappa shape index (κ1) is 19.1. The van der Waals surface area contributed by atoms with Crippen LogP contribution in [0.2, 0.25) is 0 Å². The molecular weight excluding hydrogens is 338 g/mol. The Morgan fingerprint density at radius 2 is 1.93 bits per heavy atom. The van der Waals surface area contributed by atoms with Crippen LogP contribution >= 0.6 is 0 Å². The van der Waals surface area contributed by atoms with Gasteiger partial charge in [0.25, 0.3) is 0 Å². The zero-order valence-corrected chi connectivity index (χ0v) is 15.9. The van der Waals surface area contributed by atoms with Crippen molar-refractivity contribution < 1.29 is 14.6 Å².